The van der Waals surface area contributed by atoms with Crippen LogP contribution in [0.2, 0.25) is 0 Å². The zero-order chi connectivity index (χ0) is 32.6. The van der Waals surface area contributed by atoms with Crippen LogP contribution in [0.25, 0.3) is 0 Å². The molecule has 0 unspecified atom stereocenters. The number of phenolic OH excluding ortho intramolecular Hbond substituents is 1. The predicted molar refractivity (Wildman–Crippen MR) is 167 cm³/mol. The van der Waals surface area contributed by atoms with Gasteiger partial charge in [-0.25, -0.2) is 4.79 Å². The lowest BCUT2D eigenvalue weighted by Crippen LogP contribution is -2.70. The summed E-state index contributed by atoms with van der Waals surface area (Å²) >= 11 is 1.28. The molecule has 46 heavy (non-hydrogen) atoms. The van der Waals surface area contributed by atoms with Crippen molar-refractivity contribution >= 4 is 29.5 Å². The van der Waals surface area contributed by atoms with Crippen LogP contribution in [0.3, 0.4) is 0 Å². The van der Waals surface area contributed by atoms with Crippen LogP contribution in [0.15, 0.2) is 6.07 Å². The third-order valence-electron chi connectivity index (χ3n) is 9.99. The molecule has 2 saturated heterocycles. The Labute approximate surface area is 271 Å². The van der Waals surface area contributed by atoms with Gasteiger partial charge in [0, 0.05) is 41.3 Å². The van der Waals surface area contributed by atoms with E-state index in [1.807, 2.05) is 13.8 Å². The number of terminal acetylenes is 1. The summed E-state index contributed by atoms with van der Waals surface area (Å²) in [5.74, 6) is 2.65. The average molecular weight is 649 g/mol. The van der Waals surface area contributed by atoms with Crippen LogP contribution in [-0.4, -0.2) is 83.6 Å². The van der Waals surface area contributed by atoms with Gasteiger partial charge in [-0.05, 0) is 37.4 Å². The summed E-state index contributed by atoms with van der Waals surface area (Å²) in [6, 6.07) is -0.0672. The van der Waals surface area contributed by atoms with Gasteiger partial charge in [-0.2, -0.15) is 0 Å². The molecule has 5 aliphatic heterocycles. The highest BCUT2D eigenvalue weighted by Crippen LogP contribution is 2.64. The number of thioether (sulfide) groups is 1. The molecule has 242 valence electrons. The number of rotatable bonds is 4. The van der Waals surface area contributed by atoms with Crippen LogP contribution in [-0.2, 0) is 32.0 Å². The molecule has 2 aromatic rings. The molecule has 5 heterocycles. The van der Waals surface area contributed by atoms with Gasteiger partial charge in [0.1, 0.15) is 12.4 Å². The fraction of sp³-hybridized carbons (Fsp3) is 0.500. The number of nitrogens with zero attached hydrogens (tertiary/aromatic N) is 2. The van der Waals surface area contributed by atoms with E-state index in [0.29, 0.717) is 59.1 Å². The van der Waals surface area contributed by atoms with E-state index in [9.17, 15) is 19.5 Å². The molecule has 12 heteroatoms. The maximum Gasteiger partial charge on any atom is 0.375 e. The number of phenols is 1. The highest BCUT2D eigenvalue weighted by atomic mass is 32.2. The molecule has 0 aromatic heterocycles. The van der Waals surface area contributed by atoms with Gasteiger partial charge in [0.05, 0.1) is 36.2 Å². The second kappa shape index (κ2) is 11.4. The normalized spacial score (nSPS) is 28.0. The Kier molecular flexibility index (Phi) is 7.61. The number of carbonyl (C=O) groups is 3. The first-order valence-electron chi connectivity index (χ1n) is 15.5. The highest BCUT2D eigenvalue weighted by Gasteiger charge is 2.60. The minimum Gasteiger partial charge on any atom is -0.504 e. The van der Waals surface area contributed by atoms with Crippen molar-refractivity contribution in [2.24, 2.45) is 0 Å². The van der Waals surface area contributed by atoms with E-state index in [-0.39, 0.29) is 30.9 Å². The molecule has 0 spiro atoms. The van der Waals surface area contributed by atoms with E-state index in [4.69, 9.17) is 30.1 Å². The van der Waals surface area contributed by atoms with Gasteiger partial charge in [0.25, 0.3) is 0 Å². The molecule has 7 rings (SSSR count). The van der Waals surface area contributed by atoms with Crippen molar-refractivity contribution in [1.29, 1.82) is 0 Å². The van der Waals surface area contributed by atoms with Gasteiger partial charge in [0.2, 0.25) is 12.6 Å². The molecular formula is C34H36N2O9S. The topological polar surface area (TPSA) is 124 Å². The minimum atomic E-state index is -0.912. The van der Waals surface area contributed by atoms with E-state index in [1.54, 1.807) is 0 Å². The average Bonchev–Trinajstić information content (AvgIpc) is 3.51. The number of Topliss-reactive ketones (excluding diaryl/α,β-unsaturated/α-hetero) is 1. The Bertz CT molecular complexity index is 1720. The lowest BCUT2D eigenvalue weighted by molar-refractivity contribution is -0.157. The Morgan fingerprint density at radius 1 is 1.15 bits per heavy atom. The van der Waals surface area contributed by atoms with Crippen molar-refractivity contribution in [2.45, 2.75) is 76.0 Å². The summed E-state index contributed by atoms with van der Waals surface area (Å²) in [4.78, 5) is 43.1. The number of fused-ring (bicyclic) bond motifs is 9. The van der Waals surface area contributed by atoms with E-state index in [2.05, 4.69) is 28.7 Å². The van der Waals surface area contributed by atoms with Crippen LogP contribution in [0.4, 0.5) is 0 Å². The first-order chi connectivity index (χ1) is 22.2. The zero-order valence-electron chi connectivity index (χ0n) is 26.4. The van der Waals surface area contributed by atoms with Gasteiger partial charge in [-0.15, -0.1) is 18.2 Å². The van der Waals surface area contributed by atoms with E-state index in [0.717, 1.165) is 16.7 Å². The number of aryl methyl sites for hydroxylation is 1. The number of hydrogen-bond acceptors (Lipinski definition) is 12. The summed E-state index contributed by atoms with van der Waals surface area (Å²) in [5, 5.41) is 11.3. The van der Waals surface area contributed by atoms with Gasteiger partial charge >= 0.3 is 11.9 Å². The largest absolute Gasteiger partial charge is 0.504 e. The summed E-state index contributed by atoms with van der Waals surface area (Å²) in [7, 11) is 1.54. The number of likely N-dealkylation sites (N-methyl/N-ethyl adjacent to an activating group) is 1. The number of ketones is 1. The van der Waals surface area contributed by atoms with Crippen LogP contribution in [0.5, 0.6) is 28.7 Å². The molecule has 2 fully saturated rings. The summed E-state index contributed by atoms with van der Waals surface area (Å²) in [5.41, 5.74) is 4.58. The van der Waals surface area contributed by atoms with E-state index >= 15 is 0 Å². The second-order valence-electron chi connectivity index (χ2n) is 12.2. The first-order valence-corrected chi connectivity index (χ1v) is 16.6. The number of cyclic esters (lactones) is 1. The molecule has 5 aliphatic rings. The third kappa shape index (κ3) is 4.25. The summed E-state index contributed by atoms with van der Waals surface area (Å²) < 4.78 is 29.6. The van der Waals surface area contributed by atoms with Gasteiger partial charge < -0.3 is 28.8 Å². The molecule has 0 amide bonds. The molecular weight excluding hydrogens is 612 g/mol. The SMILES string of the molecule is C#C[C@H]1[C@@H]2Cc3cc(C)c(OC)c(O)c3[C@@H]([C@@H]3[C@@H]4SCC(=O)C(=O)OC[C@@H](c5c6c(c(CC)c(OC(C)=O)c54)OCO6)N31)N2CC. The number of esters is 2. The fourth-order valence-corrected chi connectivity index (χ4v) is 9.77. The number of methoxy groups -OCH3 is 1. The Morgan fingerprint density at radius 2 is 1.91 bits per heavy atom. The molecule has 0 aliphatic carbocycles. The Hall–Kier alpha value is -3.92. The van der Waals surface area contributed by atoms with Crippen molar-refractivity contribution in [3.8, 4) is 41.1 Å². The van der Waals surface area contributed by atoms with Crippen LogP contribution in [0, 0.1) is 19.3 Å². The smallest absolute Gasteiger partial charge is 0.375 e. The fourth-order valence-electron chi connectivity index (χ4n) is 8.43. The maximum absolute atomic E-state index is 13.0. The maximum atomic E-state index is 13.0. The molecule has 11 nitrogen and oxygen atoms in total. The standard InChI is InChI=1S/C34H36N2O9S/c1-7-18-30(45-16(5)37)25-24(32-31(18)43-14-44-32)21-12-42-34(40)22(38)13-46-33(25)27-26-23-17(10-15(4)29(41-6)28(23)39)11-20(35(26)9-3)19(8-2)36(21)27/h2,10,19-21,26-27,33,39H,7,9,11-14H2,1,3-6H3/t19-,20-,21-,26-,27+,33+/m0/s1. The van der Waals surface area contributed by atoms with E-state index in [1.165, 1.54) is 25.8 Å². The molecule has 4 bridgehead atoms. The minimum absolute atomic E-state index is 0.0294. The summed E-state index contributed by atoms with van der Waals surface area (Å²) in [6.45, 7) is 7.69. The number of piperazine rings is 1. The van der Waals surface area contributed by atoms with Crippen molar-refractivity contribution in [2.75, 3.05) is 32.8 Å². The second-order valence-corrected chi connectivity index (χ2v) is 13.3. The predicted octanol–water partition coefficient (Wildman–Crippen LogP) is 3.55. The van der Waals surface area contributed by atoms with Crippen LogP contribution >= 0.6 is 11.8 Å². The number of benzene rings is 2. The van der Waals surface area contributed by atoms with Crippen molar-refractivity contribution in [1.82, 2.24) is 9.80 Å². The third-order valence-corrected chi connectivity index (χ3v) is 11.3. The number of hydrogen-bond donors (Lipinski definition) is 1. The van der Waals surface area contributed by atoms with Crippen molar-refractivity contribution in [3.63, 3.8) is 0 Å². The Morgan fingerprint density at radius 3 is 2.59 bits per heavy atom. The van der Waals surface area contributed by atoms with Gasteiger partial charge in [-0.1, -0.05) is 25.8 Å². The molecule has 1 N–H and O–H groups in total. The Balaban J connectivity index is 1.59. The lowest BCUT2D eigenvalue weighted by Gasteiger charge is -2.62. The number of ether oxygens (including phenoxy) is 5. The lowest BCUT2D eigenvalue weighted by atomic mass is 9.71. The zero-order valence-corrected chi connectivity index (χ0v) is 27.2. The molecule has 2 aromatic carbocycles. The quantitative estimate of drug-likeness (QED) is 0.226. The highest BCUT2D eigenvalue weighted by molar-refractivity contribution is 8.00. The van der Waals surface area contributed by atoms with Gasteiger partial charge in [0.15, 0.2) is 23.0 Å². The molecule has 6 atom stereocenters. The van der Waals surface area contributed by atoms with E-state index < -0.39 is 47.1 Å². The van der Waals surface area contributed by atoms with Gasteiger partial charge in [-0.3, -0.25) is 19.4 Å². The number of aromatic hydroxyl groups is 1. The number of carbonyl (C=O) groups excluding carboxylic acids is 3. The van der Waals surface area contributed by atoms with Crippen LogP contribution in [0.1, 0.15) is 71.5 Å². The first kappa shape index (κ1) is 30.7. The molecule has 0 radical (unpaired) electrons. The monoisotopic (exact) mass is 648 g/mol. The summed E-state index contributed by atoms with van der Waals surface area (Å²) in [6.07, 6.45) is 7.48. The van der Waals surface area contributed by atoms with Crippen molar-refractivity contribution in [3.05, 3.63) is 39.4 Å². The molecule has 0 saturated carbocycles. The van der Waals surface area contributed by atoms with Crippen LogP contribution < -0.4 is 18.9 Å². The van der Waals surface area contributed by atoms with Crippen molar-refractivity contribution < 1.29 is 43.2 Å².